The summed E-state index contributed by atoms with van der Waals surface area (Å²) in [7, 11) is 0. The zero-order chi connectivity index (χ0) is 13.5. The summed E-state index contributed by atoms with van der Waals surface area (Å²) in [4.78, 5) is 23.6. The van der Waals surface area contributed by atoms with E-state index >= 15 is 0 Å². The fourth-order valence-corrected chi connectivity index (χ4v) is 2.26. The number of cyclic esters (lactones) is 2. The molecule has 0 aliphatic carbocycles. The van der Waals surface area contributed by atoms with Crippen LogP contribution in [0.15, 0.2) is 0 Å². The van der Waals surface area contributed by atoms with E-state index in [4.69, 9.17) is 9.47 Å². The van der Waals surface area contributed by atoms with Crippen LogP contribution in [0.2, 0.25) is 0 Å². The molecule has 104 valence electrons. The molecule has 0 saturated carbocycles. The Morgan fingerprint density at radius 3 is 2.50 bits per heavy atom. The molecule has 1 rings (SSSR count). The number of rotatable bonds is 3. The van der Waals surface area contributed by atoms with Crippen LogP contribution in [0.1, 0.15) is 59.3 Å². The number of esters is 2. The van der Waals surface area contributed by atoms with Crippen LogP contribution >= 0.6 is 0 Å². The first-order valence-corrected chi connectivity index (χ1v) is 6.92. The minimum atomic E-state index is -0.203. The van der Waals surface area contributed by atoms with Crippen molar-refractivity contribution in [2.45, 2.75) is 71.5 Å². The molecule has 1 heterocycles. The van der Waals surface area contributed by atoms with Crippen molar-refractivity contribution in [1.82, 2.24) is 0 Å². The summed E-state index contributed by atoms with van der Waals surface area (Å²) >= 11 is 0. The first-order valence-electron chi connectivity index (χ1n) is 6.92. The largest absolute Gasteiger partial charge is 0.463 e. The molecule has 3 atom stereocenters. The zero-order valence-electron chi connectivity index (χ0n) is 11.6. The molecule has 1 fully saturated rings. The minimum absolute atomic E-state index is 0.155. The molecule has 1 saturated heterocycles. The predicted molar refractivity (Wildman–Crippen MR) is 68.0 cm³/mol. The SMILES string of the molecule is CCCCC1CCC(=O)O[C@H](C)CC(C)OC1=O. The van der Waals surface area contributed by atoms with E-state index in [1.165, 1.54) is 0 Å². The summed E-state index contributed by atoms with van der Waals surface area (Å²) in [5.74, 6) is -0.517. The van der Waals surface area contributed by atoms with Gasteiger partial charge in [0, 0.05) is 12.8 Å². The third kappa shape index (κ3) is 5.07. The number of ether oxygens (including phenoxy) is 2. The minimum Gasteiger partial charge on any atom is -0.463 e. The van der Waals surface area contributed by atoms with Crippen molar-refractivity contribution >= 4 is 11.9 Å². The second-order valence-electron chi connectivity index (χ2n) is 5.16. The molecule has 4 nitrogen and oxygen atoms in total. The molecule has 0 amide bonds. The van der Waals surface area contributed by atoms with Crippen LogP contribution in [0.5, 0.6) is 0 Å². The van der Waals surface area contributed by atoms with Crippen LogP contribution in [0.25, 0.3) is 0 Å². The van der Waals surface area contributed by atoms with E-state index in [0.717, 1.165) is 19.3 Å². The van der Waals surface area contributed by atoms with Gasteiger partial charge < -0.3 is 9.47 Å². The van der Waals surface area contributed by atoms with E-state index in [0.29, 0.717) is 19.3 Å². The number of carbonyl (C=O) groups is 2. The number of hydrogen-bond donors (Lipinski definition) is 0. The number of carbonyl (C=O) groups excluding carboxylic acids is 2. The molecular weight excluding hydrogens is 232 g/mol. The lowest BCUT2D eigenvalue weighted by Crippen LogP contribution is -2.29. The van der Waals surface area contributed by atoms with Crippen LogP contribution in [-0.4, -0.2) is 24.1 Å². The van der Waals surface area contributed by atoms with Gasteiger partial charge in [0.25, 0.3) is 0 Å². The second-order valence-corrected chi connectivity index (χ2v) is 5.16. The first kappa shape index (κ1) is 15.0. The lowest BCUT2D eigenvalue weighted by atomic mass is 9.96. The van der Waals surface area contributed by atoms with E-state index in [9.17, 15) is 9.59 Å². The molecular formula is C14H24O4. The molecule has 0 spiro atoms. The fraction of sp³-hybridized carbons (Fsp3) is 0.857. The molecule has 1 aliphatic heterocycles. The first-order chi connectivity index (χ1) is 8.52. The average molecular weight is 256 g/mol. The third-order valence-corrected chi connectivity index (χ3v) is 3.25. The molecule has 0 aromatic rings. The second kappa shape index (κ2) is 7.39. The normalized spacial score (nSPS) is 30.5. The zero-order valence-corrected chi connectivity index (χ0v) is 11.6. The molecule has 2 unspecified atom stereocenters. The van der Waals surface area contributed by atoms with Crippen molar-refractivity contribution in [2.24, 2.45) is 5.92 Å². The standard InChI is InChI=1S/C14H24O4/c1-4-5-6-12-7-8-13(15)17-10(2)9-11(3)18-14(12)16/h10-12H,4-9H2,1-3H3/t10-,11?,12?/m1/s1. The predicted octanol–water partition coefficient (Wildman–Crippen LogP) is 2.84. The summed E-state index contributed by atoms with van der Waals surface area (Å²) in [6.45, 7) is 5.77. The molecule has 4 heteroatoms. The third-order valence-electron chi connectivity index (χ3n) is 3.25. The molecule has 0 aromatic carbocycles. The number of hydrogen-bond acceptors (Lipinski definition) is 4. The number of unbranched alkanes of at least 4 members (excludes halogenated alkanes) is 1. The molecule has 0 N–H and O–H groups in total. The van der Waals surface area contributed by atoms with Crippen molar-refractivity contribution in [1.29, 1.82) is 0 Å². The van der Waals surface area contributed by atoms with Gasteiger partial charge in [-0.15, -0.1) is 0 Å². The van der Waals surface area contributed by atoms with E-state index in [2.05, 4.69) is 6.92 Å². The smallest absolute Gasteiger partial charge is 0.309 e. The molecule has 0 aromatic heterocycles. The van der Waals surface area contributed by atoms with Crippen molar-refractivity contribution in [3.8, 4) is 0 Å². The van der Waals surface area contributed by atoms with Crippen molar-refractivity contribution < 1.29 is 19.1 Å². The van der Waals surface area contributed by atoms with E-state index in [1.54, 1.807) is 0 Å². The molecule has 0 bridgehead atoms. The Morgan fingerprint density at radius 1 is 1.17 bits per heavy atom. The van der Waals surface area contributed by atoms with Gasteiger partial charge in [0.2, 0.25) is 0 Å². The van der Waals surface area contributed by atoms with Gasteiger partial charge >= 0.3 is 11.9 Å². The van der Waals surface area contributed by atoms with Crippen LogP contribution in [0.3, 0.4) is 0 Å². The Hall–Kier alpha value is -1.06. The highest BCUT2D eigenvalue weighted by atomic mass is 16.6. The summed E-state index contributed by atoms with van der Waals surface area (Å²) in [6.07, 6.45) is 3.86. The highest BCUT2D eigenvalue weighted by Gasteiger charge is 2.26. The summed E-state index contributed by atoms with van der Waals surface area (Å²) in [6, 6.07) is 0. The van der Waals surface area contributed by atoms with E-state index < -0.39 is 0 Å². The molecule has 18 heavy (non-hydrogen) atoms. The van der Waals surface area contributed by atoms with Crippen LogP contribution in [0, 0.1) is 5.92 Å². The Labute approximate surface area is 109 Å². The van der Waals surface area contributed by atoms with Gasteiger partial charge in [0.15, 0.2) is 0 Å². The van der Waals surface area contributed by atoms with Crippen molar-refractivity contribution in [3.63, 3.8) is 0 Å². The molecule has 1 aliphatic rings. The maximum Gasteiger partial charge on any atom is 0.309 e. The Bertz CT molecular complexity index is 288. The fourth-order valence-electron chi connectivity index (χ4n) is 2.26. The van der Waals surface area contributed by atoms with Crippen LogP contribution in [0.4, 0.5) is 0 Å². The van der Waals surface area contributed by atoms with Crippen molar-refractivity contribution in [3.05, 3.63) is 0 Å². The lowest BCUT2D eigenvalue weighted by Gasteiger charge is -2.24. The Morgan fingerprint density at radius 2 is 1.83 bits per heavy atom. The Balaban J connectivity index is 2.64. The van der Waals surface area contributed by atoms with Gasteiger partial charge in [-0.1, -0.05) is 19.8 Å². The summed E-state index contributed by atoms with van der Waals surface area (Å²) < 4.78 is 10.7. The highest BCUT2D eigenvalue weighted by molar-refractivity contribution is 5.75. The van der Waals surface area contributed by atoms with Gasteiger partial charge in [-0.25, -0.2) is 0 Å². The summed E-state index contributed by atoms with van der Waals surface area (Å²) in [5, 5.41) is 0. The van der Waals surface area contributed by atoms with Gasteiger partial charge in [0.05, 0.1) is 5.92 Å². The summed E-state index contributed by atoms with van der Waals surface area (Å²) in [5.41, 5.74) is 0. The Kier molecular flexibility index (Phi) is 6.16. The van der Waals surface area contributed by atoms with E-state index in [-0.39, 0.29) is 30.1 Å². The average Bonchev–Trinajstić information content (AvgIpc) is 2.27. The van der Waals surface area contributed by atoms with E-state index in [1.807, 2.05) is 13.8 Å². The van der Waals surface area contributed by atoms with Crippen LogP contribution < -0.4 is 0 Å². The maximum atomic E-state index is 12.0. The topological polar surface area (TPSA) is 52.6 Å². The monoisotopic (exact) mass is 256 g/mol. The maximum absolute atomic E-state index is 12.0. The molecule has 0 radical (unpaired) electrons. The van der Waals surface area contributed by atoms with Gasteiger partial charge in [0.1, 0.15) is 12.2 Å². The van der Waals surface area contributed by atoms with Crippen LogP contribution in [-0.2, 0) is 19.1 Å². The highest BCUT2D eigenvalue weighted by Crippen LogP contribution is 2.21. The van der Waals surface area contributed by atoms with Gasteiger partial charge in [-0.3, -0.25) is 9.59 Å². The van der Waals surface area contributed by atoms with Gasteiger partial charge in [-0.05, 0) is 26.7 Å². The van der Waals surface area contributed by atoms with Crippen molar-refractivity contribution in [2.75, 3.05) is 0 Å². The quantitative estimate of drug-likeness (QED) is 0.729. The van der Waals surface area contributed by atoms with Gasteiger partial charge in [-0.2, -0.15) is 0 Å². The lowest BCUT2D eigenvalue weighted by molar-refractivity contribution is -0.161.